The summed E-state index contributed by atoms with van der Waals surface area (Å²) >= 11 is 0. The molecule has 0 bridgehead atoms. The van der Waals surface area contributed by atoms with E-state index >= 15 is 0 Å². The highest BCUT2D eigenvalue weighted by Gasteiger charge is 2.18. The maximum atomic E-state index is 12.0. The number of aryl methyl sites for hydroxylation is 1. The normalized spacial score (nSPS) is 13.8. The molecule has 0 aromatic heterocycles. The predicted molar refractivity (Wildman–Crippen MR) is 72.1 cm³/mol. The van der Waals surface area contributed by atoms with Crippen molar-refractivity contribution in [1.82, 2.24) is 4.90 Å². The van der Waals surface area contributed by atoms with Gasteiger partial charge in [-0.15, -0.1) is 0 Å². The SMILES string of the molecule is Cc1ccc(S(=O)(=O)OC(C)CCN(C)C)cc1. The van der Waals surface area contributed by atoms with Crippen LogP contribution in [-0.2, 0) is 14.3 Å². The Balaban J connectivity index is 2.67. The molecule has 0 radical (unpaired) electrons. The lowest BCUT2D eigenvalue weighted by Gasteiger charge is -2.15. The van der Waals surface area contributed by atoms with Crippen molar-refractivity contribution in [2.45, 2.75) is 31.3 Å². The largest absolute Gasteiger partial charge is 0.309 e. The van der Waals surface area contributed by atoms with Crippen LogP contribution in [-0.4, -0.2) is 40.1 Å². The molecule has 0 saturated heterocycles. The molecule has 0 aliphatic carbocycles. The first-order chi connectivity index (χ1) is 8.31. The van der Waals surface area contributed by atoms with Gasteiger partial charge in [-0.3, -0.25) is 4.18 Å². The van der Waals surface area contributed by atoms with Gasteiger partial charge >= 0.3 is 0 Å². The maximum absolute atomic E-state index is 12.0. The molecule has 0 fully saturated rings. The average molecular weight is 271 g/mol. The number of rotatable bonds is 6. The molecule has 102 valence electrons. The summed E-state index contributed by atoms with van der Waals surface area (Å²) in [6.07, 6.45) is 0.358. The molecule has 5 heteroatoms. The molecular weight excluding hydrogens is 250 g/mol. The van der Waals surface area contributed by atoms with Crippen molar-refractivity contribution in [2.24, 2.45) is 0 Å². The van der Waals surface area contributed by atoms with Crippen LogP contribution in [0.4, 0.5) is 0 Å². The smallest absolute Gasteiger partial charge is 0.297 e. The summed E-state index contributed by atoms with van der Waals surface area (Å²) in [5.74, 6) is 0. The molecule has 1 rings (SSSR count). The first-order valence-corrected chi connectivity index (χ1v) is 7.37. The number of benzene rings is 1. The van der Waals surface area contributed by atoms with Crippen LogP contribution in [0.15, 0.2) is 29.2 Å². The zero-order valence-electron chi connectivity index (χ0n) is 11.4. The van der Waals surface area contributed by atoms with Gasteiger partial charge in [-0.25, -0.2) is 0 Å². The molecule has 0 spiro atoms. The van der Waals surface area contributed by atoms with E-state index in [2.05, 4.69) is 0 Å². The maximum Gasteiger partial charge on any atom is 0.297 e. The summed E-state index contributed by atoms with van der Waals surface area (Å²) in [5.41, 5.74) is 1.02. The van der Waals surface area contributed by atoms with Crippen LogP contribution in [0.2, 0.25) is 0 Å². The molecule has 0 saturated carbocycles. The Morgan fingerprint density at radius 1 is 1.22 bits per heavy atom. The third-order valence-electron chi connectivity index (χ3n) is 2.58. The Labute approximate surface area is 110 Å². The second-order valence-electron chi connectivity index (χ2n) is 4.77. The van der Waals surface area contributed by atoms with E-state index in [1.165, 1.54) is 0 Å². The molecule has 0 N–H and O–H groups in total. The standard InChI is InChI=1S/C13H21NO3S/c1-11-5-7-13(8-6-11)18(15,16)17-12(2)9-10-14(3)4/h5-8,12H,9-10H2,1-4H3. The lowest BCUT2D eigenvalue weighted by Crippen LogP contribution is -2.22. The van der Waals surface area contributed by atoms with Crippen LogP contribution in [0.25, 0.3) is 0 Å². The van der Waals surface area contributed by atoms with E-state index in [-0.39, 0.29) is 11.0 Å². The highest BCUT2D eigenvalue weighted by molar-refractivity contribution is 7.86. The van der Waals surface area contributed by atoms with Crippen molar-refractivity contribution >= 4 is 10.1 Å². The van der Waals surface area contributed by atoms with Crippen molar-refractivity contribution in [3.63, 3.8) is 0 Å². The molecule has 1 aromatic rings. The van der Waals surface area contributed by atoms with Gasteiger partial charge in [0.1, 0.15) is 0 Å². The highest BCUT2D eigenvalue weighted by atomic mass is 32.2. The van der Waals surface area contributed by atoms with Gasteiger partial charge in [-0.1, -0.05) is 17.7 Å². The van der Waals surface area contributed by atoms with Gasteiger partial charge in [0.15, 0.2) is 0 Å². The van der Waals surface area contributed by atoms with Gasteiger partial charge in [0.2, 0.25) is 0 Å². The Morgan fingerprint density at radius 2 is 1.78 bits per heavy atom. The third-order valence-corrected chi connectivity index (χ3v) is 4.01. The molecule has 0 aliphatic rings. The first-order valence-electron chi connectivity index (χ1n) is 5.96. The van der Waals surface area contributed by atoms with E-state index in [0.29, 0.717) is 6.42 Å². The average Bonchev–Trinajstić information content (AvgIpc) is 2.26. The van der Waals surface area contributed by atoms with Crippen molar-refractivity contribution < 1.29 is 12.6 Å². The molecule has 4 nitrogen and oxygen atoms in total. The van der Waals surface area contributed by atoms with Crippen LogP contribution in [0.3, 0.4) is 0 Å². The van der Waals surface area contributed by atoms with Gasteiger partial charge in [-0.2, -0.15) is 8.42 Å². The van der Waals surface area contributed by atoms with Crippen LogP contribution in [0, 0.1) is 6.92 Å². The molecule has 1 unspecified atom stereocenters. The fourth-order valence-electron chi connectivity index (χ4n) is 1.46. The summed E-state index contributed by atoms with van der Waals surface area (Å²) in [4.78, 5) is 2.21. The molecule has 0 heterocycles. The summed E-state index contributed by atoms with van der Waals surface area (Å²) in [6, 6.07) is 6.67. The van der Waals surface area contributed by atoms with Crippen LogP contribution < -0.4 is 0 Å². The lowest BCUT2D eigenvalue weighted by molar-refractivity contribution is 0.201. The molecule has 18 heavy (non-hydrogen) atoms. The Bertz CT molecular complexity index is 466. The van der Waals surface area contributed by atoms with Crippen molar-refractivity contribution in [3.8, 4) is 0 Å². The lowest BCUT2D eigenvalue weighted by atomic mass is 10.2. The van der Waals surface area contributed by atoms with E-state index in [0.717, 1.165) is 12.1 Å². The van der Waals surface area contributed by atoms with Gasteiger partial charge in [-0.05, 0) is 46.5 Å². The molecule has 1 atom stereocenters. The predicted octanol–water partition coefficient (Wildman–Crippen LogP) is 2.04. The van der Waals surface area contributed by atoms with Crippen LogP contribution in [0.1, 0.15) is 18.9 Å². The highest BCUT2D eigenvalue weighted by Crippen LogP contribution is 2.16. The number of hydrogen-bond acceptors (Lipinski definition) is 4. The van der Waals surface area contributed by atoms with Gasteiger partial charge in [0.25, 0.3) is 10.1 Å². The van der Waals surface area contributed by atoms with E-state index in [1.54, 1.807) is 31.2 Å². The van der Waals surface area contributed by atoms with E-state index in [1.807, 2.05) is 25.9 Å². The van der Waals surface area contributed by atoms with Gasteiger partial charge < -0.3 is 4.90 Å². The van der Waals surface area contributed by atoms with Crippen molar-refractivity contribution in [1.29, 1.82) is 0 Å². The number of hydrogen-bond donors (Lipinski definition) is 0. The Hall–Kier alpha value is -0.910. The van der Waals surface area contributed by atoms with Gasteiger partial charge in [0.05, 0.1) is 11.0 Å². The van der Waals surface area contributed by atoms with Crippen LogP contribution >= 0.6 is 0 Å². The molecular formula is C13H21NO3S. The summed E-state index contributed by atoms with van der Waals surface area (Å²) in [7, 11) is 0.249. The van der Waals surface area contributed by atoms with Gasteiger partial charge in [0, 0.05) is 6.54 Å². The van der Waals surface area contributed by atoms with Crippen molar-refractivity contribution in [2.75, 3.05) is 20.6 Å². The number of nitrogens with zero attached hydrogens (tertiary/aromatic N) is 1. The summed E-state index contributed by atoms with van der Waals surface area (Å²) in [6.45, 7) is 4.48. The van der Waals surface area contributed by atoms with E-state index < -0.39 is 10.1 Å². The fourth-order valence-corrected chi connectivity index (χ4v) is 2.57. The zero-order valence-corrected chi connectivity index (χ0v) is 12.2. The Morgan fingerprint density at radius 3 is 2.28 bits per heavy atom. The second kappa shape index (κ2) is 6.31. The minimum Gasteiger partial charge on any atom is -0.309 e. The minimum atomic E-state index is -3.64. The quantitative estimate of drug-likeness (QED) is 0.743. The summed E-state index contributed by atoms with van der Waals surface area (Å²) in [5, 5.41) is 0. The third kappa shape index (κ3) is 4.76. The monoisotopic (exact) mass is 271 g/mol. The first kappa shape index (κ1) is 15.1. The molecule has 0 amide bonds. The van der Waals surface area contributed by atoms with E-state index in [4.69, 9.17) is 4.18 Å². The van der Waals surface area contributed by atoms with E-state index in [9.17, 15) is 8.42 Å². The molecule has 1 aromatic carbocycles. The second-order valence-corrected chi connectivity index (χ2v) is 6.34. The topological polar surface area (TPSA) is 46.6 Å². The zero-order chi connectivity index (χ0) is 13.8. The Kier molecular flexibility index (Phi) is 5.31. The fraction of sp³-hybridized carbons (Fsp3) is 0.538. The van der Waals surface area contributed by atoms with Crippen molar-refractivity contribution in [3.05, 3.63) is 29.8 Å². The van der Waals surface area contributed by atoms with Crippen LogP contribution in [0.5, 0.6) is 0 Å². The molecule has 0 aliphatic heterocycles. The minimum absolute atomic E-state index is 0.213. The summed E-state index contributed by atoms with van der Waals surface area (Å²) < 4.78 is 29.1.